The van der Waals surface area contributed by atoms with Crippen LogP contribution in [0.3, 0.4) is 0 Å². The van der Waals surface area contributed by atoms with Crippen molar-refractivity contribution in [3.63, 3.8) is 0 Å². The molecule has 8 nitrogen and oxygen atoms in total. The minimum absolute atomic E-state index is 0.111. The molecule has 156 valence electrons. The Morgan fingerprint density at radius 3 is 2.53 bits per heavy atom. The maximum absolute atomic E-state index is 12.3. The summed E-state index contributed by atoms with van der Waals surface area (Å²) in [5.41, 5.74) is 2.52. The number of aromatic amines is 1. The van der Waals surface area contributed by atoms with E-state index in [1.165, 1.54) is 26.2 Å². The summed E-state index contributed by atoms with van der Waals surface area (Å²) < 4.78 is 15.4. The van der Waals surface area contributed by atoms with E-state index in [0.717, 1.165) is 0 Å². The number of aromatic nitrogens is 1. The van der Waals surface area contributed by atoms with Crippen LogP contribution in [0.4, 0.5) is 0 Å². The van der Waals surface area contributed by atoms with Gasteiger partial charge in [0, 0.05) is 17.3 Å². The molecule has 0 spiro atoms. The van der Waals surface area contributed by atoms with Crippen LogP contribution in [0.15, 0.2) is 24.3 Å². The lowest BCUT2D eigenvalue weighted by Crippen LogP contribution is -2.14. The second-order valence-corrected chi connectivity index (χ2v) is 6.40. The van der Waals surface area contributed by atoms with E-state index in [0.29, 0.717) is 33.9 Å². The molecule has 0 radical (unpaired) electrons. The Hall–Kier alpha value is -3.86. The van der Waals surface area contributed by atoms with Crippen LogP contribution in [0, 0.1) is 25.2 Å². The molecule has 0 unspecified atom stereocenters. The van der Waals surface area contributed by atoms with Crippen molar-refractivity contribution in [2.45, 2.75) is 20.8 Å². The predicted molar refractivity (Wildman–Crippen MR) is 109 cm³/mol. The summed E-state index contributed by atoms with van der Waals surface area (Å²) in [6, 6.07) is 6.80. The van der Waals surface area contributed by atoms with Crippen molar-refractivity contribution in [1.29, 1.82) is 5.26 Å². The SMILES string of the molecule is COc1cc(C=CC(=O)OCC(=O)c2[nH]c(C)c(C(C)=O)c2C)ccc1OCC#N. The average Bonchev–Trinajstić information content (AvgIpc) is 3.03. The van der Waals surface area contributed by atoms with Gasteiger partial charge in [-0.05, 0) is 50.1 Å². The first-order valence-corrected chi connectivity index (χ1v) is 9.04. The van der Waals surface area contributed by atoms with E-state index in [2.05, 4.69) is 4.98 Å². The molecule has 2 rings (SSSR count). The summed E-state index contributed by atoms with van der Waals surface area (Å²) in [7, 11) is 1.46. The number of hydrogen-bond acceptors (Lipinski definition) is 7. The topological polar surface area (TPSA) is 118 Å². The number of nitriles is 1. The van der Waals surface area contributed by atoms with E-state index in [1.807, 2.05) is 6.07 Å². The Bertz CT molecular complexity index is 1040. The molecule has 0 amide bonds. The zero-order valence-electron chi connectivity index (χ0n) is 17.2. The van der Waals surface area contributed by atoms with Gasteiger partial charge in [0.1, 0.15) is 6.07 Å². The third-order valence-electron chi connectivity index (χ3n) is 4.31. The van der Waals surface area contributed by atoms with Crippen LogP contribution in [0.5, 0.6) is 11.5 Å². The fourth-order valence-electron chi connectivity index (χ4n) is 3.00. The fourth-order valence-corrected chi connectivity index (χ4v) is 3.00. The van der Waals surface area contributed by atoms with Crippen molar-refractivity contribution in [3.05, 3.63) is 52.4 Å². The number of aryl methyl sites for hydroxylation is 1. The van der Waals surface area contributed by atoms with E-state index in [9.17, 15) is 14.4 Å². The van der Waals surface area contributed by atoms with Gasteiger partial charge >= 0.3 is 5.97 Å². The molecule has 0 atom stereocenters. The maximum atomic E-state index is 12.3. The molecule has 0 saturated carbocycles. The number of benzene rings is 1. The molecule has 0 aliphatic heterocycles. The third-order valence-corrected chi connectivity index (χ3v) is 4.31. The van der Waals surface area contributed by atoms with Crippen molar-refractivity contribution in [2.24, 2.45) is 0 Å². The van der Waals surface area contributed by atoms with Crippen LogP contribution in [-0.2, 0) is 9.53 Å². The van der Waals surface area contributed by atoms with E-state index in [-0.39, 0.29) is 18.1 Å². The van der Waals surface area contributed by atoms with Gasteiger partial charge in [0.25, 0.3) is 0 Å². The normalized spacial score (nSPS) is 10.5. The lowest BCUT2D eigenvalue weighted by Gasteiger charge is -2.08. The molecule has 0 fully saturated rings. The molecule has 30 heavy (non-hydrogen) atoms. The Morgan fingerprint density at radius 1 is 1.20 bits per heavy atom. The van der Waals surface area contributed by atoms with Gasteiger partial charge in [0.15, 0.2) is 30.5 Å². The Balaban J connectivity index is 2.00. The number of carbonyl (C=O) groups excluding carboxylic acids is 3. The van der Waals surface area contributed by atoms with Gasteiger partial charge in [-0.25, -0.2) is 4.79 Å². The Morgan fingerprint density at radius 2 is 1.93 bits per heavy atom. The Kier molecular flexibility index (Phi) is 7.53. The molecule has 1 aromatic heterocycles. The quantitative estimate of drug-likeness (QED) is 0.383. The van der Waals surface area contributed by atoms with Crippen molar-refractivity contribution in [2.75, 3.05) is 20.3 Å². The lowest BCUT2D eigenvalue weighted by atomic mass is 10.1. The monoisotopic (exact) mass is 410 g/mol. The molecule has 1 aromatic carbocycles. The molecular formula is C22H22N2O6. The fraction of sp³-hybridized carbons (Fsp3) is 0.273. The van der Waals surface area contributed by atoms with E-state index >= 15 is 0 Å². The molecule has 1 N–H and O–H groups in total. The largest absolute Gasteiger partial charge is 0.493 e. The molecular weight excluding hydrogens is 388 g/mol. The van der Waals surface area contributed by atoms with Crippen LogP contribution < -0.4 is 9.47 Å². The Labute approximate surface area is 174 Å². The minimum atomic E-state index is -0.695. The predicted octanol–water partition coefficient (Wildman–Crippen LogP) is 3.18. The van der Waals surface area contributed by atoms with E-state index in [4.69, 9.17) is 19.5 Å². The summed E-state index contributed by atoms with van der Waals surface area (Å²) >= 11 is 0. The molecule has 0 saturated heterocycles. The number of ether oxygens (including phenoxy) is 3. The van der Waals surface area contributed by atoms with Gasteiger partial charge in [-0.15, -0.1) is 0 Å². The summed E-state index contributed by atoms with van der Waals surface area (Å²) in [5.74, 6) is -0.439. The first-order valence-electron chi connectivity index (χ1n) is 9.04. The second kappa shape index (κ2) is 10.1. The van der Waals surface area contributed by atoms with Crippen molar-refractivity contribution < 1.29 is 28.6 Å². The van der Waals surface area contributed by atoms with E-state index in [1.54, 1.807) is 32.0 Å². The van der Waals surface area contributed by atoms with Crippen molar-refractivity contribution in [3.8, 4) is 17.6 Å². The molecule has 2 aromatic rings. The molecule has 0 aliphatic rings. The second-order valence-electron chi connectivity index (χ2n) is 6.40. The maximum Gasteiger partial charge on any atom is 0.331 e. The number of esters is 1. The van der Waals surface area contributed by atoms with Gasteiger partial charge < -0.3 is 19.2 Å². The average molecular weight is 410 g/mol. The molecule has 8 heteroatoms. The van der Waals surface area contributed by atoms with Gasteiger partial charge in [-0.3, -0.25) is 9.59 Å². The summed E-state index contributed by atoms with van der Waals surface area (Å²) in [5, 5.41) is 8.59. The summed E-state index contributed by atoms with van der Waals surface area (Å²) in [6.07, 6.45) is 2.69. The summed E-state index contributed by atoms with van der Waals surface area (Å²) in [4.78, 5) is 38.9. The highest BCUT2D eigenvalue weighted by Crippen LogP contribution is 2.28. The number of ketones is 2. The van der Waals surface area contributed by atoms with Crippen LogP contribution in [0.2, 0.25) is 0 Å². The van der Waals surface area contributed by atoms with Crippen LogP contribution >= 0.6 is 0 Å². The van der Waals surface area contributed by atoms with E-state index < -0.39 is 18.4 Å². The zero-order chi connectivity index (χ0) is 22.3. The van der Waals surface area contributed by atoms with Crippen LogP contribution in [-0.4, -0.2) is 42.8 Å². The van der Waals surface area contributed by atoms with Gasteiger partial charge in [0.05, 0.1) is 12.8 Å². The van der Waals surface area contributed by atoms with Crippen molar-refractivity contribution in [1.82, 2.24) is 4.98 Å². The number of hydrogen-bond donors (Lipinski definition) is 1. The molecule has 0 aliphatic carbocycles. The number of carbonyl (C=O) groups is 3. The van der Waals surface area contributed by atoms with Gasteiger partial charge in [-0.2, -0.15) is 5.26 Å². The number of nitrogens with one attached hydrogen (secondary N) is 1. The first kappa shape index (κ1) is 22.4. The molecule has 0 bridgehead atoms. The smallest absolute Gasteiger partial charge is 0.331 e. The highest BCUT2D eigenvalue weighted by atomic mass is 16.5. The standard InChI is InChI=1S/C22H22N2O6/c1-13-21(15(3)25)14(2)24-22(13)17(26)12-30-20(27)8-6-16-5-7-18(29-10-9-23)19(11-16)28-4/h5-8,11,24H,10,12H2,1-4H3. The van der Waals surface area contributed by atoms with Crippen LogP contribution in [0.25, 0.3) is 6.08 Å². The minimum Gasteiger partial charge on any atom is -0.493 e. The van der Waals surface area contributed by atoms with Gasteiger partial charge in [0.2, 0.25) is 5.78 Å². The molecule has 1 heterocycles. The first-order chi connectivity index (χ1) is 14.3. The number of methoxy groups -OCH3 is 1. The summed E-state index contributed by atoms with van der Waals surface area (Å²) in [6.45, 7) is 4.25. The number of rotatable bonds is 9. The van der Waals surface area contributed by atoms with Crippen molar-refractivity contribution >= 4 is 23.6 Å². The third kappa shape index (κ3) is 5.35. The highest BCUT2D eigenvalue weighted by Gasteiger charge is 2.20. The van der Waals surface area contributed by atoms with Gasteiger partial charge in [-0.1, -0.05) is 6.07 Å². The number of H-pyrrole nitrogens is 1. The van der Waals surface area contributed by atoms with Crippen LogP contribution in [0.1, 0.15) is 44.6 Å². The highest BCUT2D eigenvalue weighted by molar-refractivity contribution is 6.04. The lowest BCUT2D eigenvalue weighted by molar-refractivity contribution is -0.136. The zero-order valence-corrected chi connectivity index (χ0v) is 17.2. The number of Topliss-reactive ketones (excluding diaryl/α,β-unsaturated/α-hetero) is 2. The number of nitrogens with zero attached hydrogens (tertiary/aromatic N) is 1.